The van der Waals surface area contributed by atoms with Crippen LogP contribution in [0.2, 0.25) is 0 Å². The van der Waals surface area contributed by atoms with Crippen molar-refractivity contribution in [1.82, 2.24) is 24.4 Å². The molecule has 6 nitrogen and oxygen atoms in total. The van der Waals surface area contributed by atoms with Crippen LogP contribution in [0.1, 0.15) is 18.4 Å². The second-order valence-electron chi connectivity index (χ2n) is 7.25. The molecular weight excluding hydrogens is 312 g/mol. The molecule has 2 aliphatic rings. The first-order chi connectivity index (χ1) is 12.3. The lowest BCUT2D eigenvalue weighted by Crippen LogP contribution is -2.36. The second kappa shape index (κ2) is 5.81. The molecule has 1 aliphatic carbocycles. The third kappa shape index (κ3) is 2.57. The number of fused-ring (bicyclic) bond motifs is 3. The highest BCUT2D eigenvalue weighted by atomic mass is 15.3. The number of aromatic nitrogens is 4. The molecule has 1 aliphatic heterocycles. The number of imidazole rings is 1. The topological polar surface area (TPSA) is 58.9 Å². The molecule has 2 bridgehead atoms. The second-order valence-corrected chi connectivity index (χ2v) is 7.25. The first-order valence-corrected chi connectivity index (χ1v) is 8.96. The van der Waals surface area contributed by atoms with Crippen molar-refractivity contribution in [2.24, 2.45) is 13.0 Å². The van der Waals surface area contributed by atoms with Gasteiger partial charge >= 0.3 is 0 Å². The maximum atomic E-state index is 4.59. The van der Waals surface area contributed by atoms with Crippen LogP contribution in [0.5, 0.6) is 0 Å². The minimum atomic E-state index is 0.435. The number of anilines is 1. The monoisotopic (exact) mass is 334 g/mol. The predicted molar refractivity (Wildman–Crippen MR) is 97.1 cm³/mol. The van der Waals surface area contributed by atoms with E-state index in [1.54, 1.807) is 6.33 Å². The summed E-state index contributed by atoms with van der Waals surface area (Å²) in [4.78, 5) is 16.1. The number of likely N-dealkylation sites (tertiary alicyclic amines) is 1. The Morgan fingerprint density at radius 1 is 1.16 bits per heavy atom. The fourth-order valence-corrected chi connectivity index (χ4v) is 4.46. The molecule has 1 aromatic carbocycles. The lowest BCUT2D eigenvalue weighted by Gasteiger charge is -2.27. The lowest BCUT2D eigenvalue weighted by atomic mass is 10.1. The Kier molecular flexibility index (Phi) is 3.45. The maximum Gasteiger partial charge on any atom is 0.225 e. The van der Waals surface area contributed by atoms with E-state index in [-0.39, 0.29) is 0 Å². The van der Waals surface area contributed by atoms with E-state index in [4.69, 9.17) is 0 Å². The van der Waals surface area contributed by atoms with Crippen molar-refractivity contribution >= 4 is 17.1 Å². The van der Waals surface area contributed by atoms with Gasteiger partial charge in [0, 0.05) is 32.2 Å². The highest BCUT2D eigenvalue weighted by molar-refractivity contribution is 5.70. The molecule has 2 fully saturated rings. The lowest BCUT2D eigenvalue weighted by molar-refractivity contribution is 0.204. The highest BCUT2D eigenvalue weighted by Gasteiger charge is 2.46. The van der Waals surface area contributed by atoms with E-state index in [0.29, 0.717) is 23.9 Å². The number of nitrogens with one attached hydrogen (secondary N) is 1. The Hall–Kier alpha value is -2.47. The van der Waals surface area contributed by atoms with Crippen LogP contribution in [0.4, 0.5) is 5.95 Å². The van der Waals surface area contributed by atoms with Gasteiger partial charge in [0.2, 0.25) is 5.95 Å². The molecule has 3 heterocycles. The van der Waals surface area contributed by atoms with E-state index in [1.165, 1.54) is 18.4 Å². The van der Waals surface area contributed by atoms with Crippen molar-refractivity contribution in [2.45, 2.75) is 31.5 Å². The van der Waals surface area contributed by atoms with Crippen LogP contribution < -0.4 is 5.32 Å². The molecule has 6 heteroatoms. The average Bonchev–Trinajstić information content (AvgIpc) is 3.29. The Morgan fingerprint density at radius 3 is 2.92 bits per heavy atom. The van der Waals surface area contributed by atoms with Crippen molar-refractivity contribution < 1.29 is 0 Å². The molecule has 1 N–H and O–H groups in total. The van der Waals surface area contributed by atoms with Crippen molar-refractivity contribution in [3.8, 4) is 0 Å². The van der Waals surface area contributed by atoms with Crippen LogP contribution in [-0.4, -0.2) is 43.0 Å². The maximum absolute atomic E-state index is 4.59. The SMILES string of the molecule is Cn1cnc2nc(N[C@@H]3[C@@H]4CC[C@H]3N(Cc3ccccc3)C4)ncc21. The Labute approximate surface area is 146 Å². The van der Waals surface area contributed by atoms with Crippen LogP contribution in [0.3, 0.4) is 0 Å². The smallest absolute Gasteiger partial charge is 0.225 e. The van der Waals surface area contributed by atoms with Gasteiger partial charge in [-0.1, -0.05) is 30.3 Å². The molecule has 0 radical (unpaired) electrons. The standard InChI is InChI=1S/C19H22N6/c1-24-12-21-18-16(24)9-20-19(23-18)22-17-14-7-8-15(17)25(11-14)10-13-5-3-2-4-6-13/h2-6,9,12,14-15,17H,7-8,10-11H2,1H3,(H,20,22,23)/t14-,15-,17-/m1/s1. The Morgan fingerprint density at radius 2 is 2.04 bits per heavy atom. The van der Waals surface area contributed by atoms with Gasteiger partial charge in [0.05, 0.1) is 12.5 Å². The summed E-state index contributed by atoms with van der Waals surface area (Å²) in [6.45, 7) is 2.18. The number of rotatable bonds is 4. The fraction of sp³-hybridized carbons (Fsp3) is 0.421. The first-order valence-electron chi connectivity index (χ1n) is 8.96. The van der Waals surface area contributed by atoms with E-state index >= 15 is 0 Å². The molecule has 25 heavy (non-hydrogen) atoms. The number of hydrogen-bond acceptors (Lipinski definition) is 5. The first kappa shape index (κ1) is 14.8. The van der Waals surface area contributed by atoms with E-state index < -0.39 is 0 Å². The van der Waals surface area contributed by atoms with Gasteiger partial charge in [0.25, 0.3) is 0 Å². The summed E-state index contributed by atoms with van der Waals surface area (Å²) in [6, 6.07) is 11.7. The fourth-order valence-electron chi connectivity index (χ4n) is 4.46. The van der Waals surface area contributed by atoms with Crippen LogP contribution in [0.15, 0.2) is 42.9 Å². The van der Waals surface area contributed by atoms with Crippen LogP contribution in [-0.2, 0) is 13.6 Å². The predicted octanol–water partition coefficient (Wildman–Crippen LogP) is 2.44. The van der Waals surface area contributed by atoms with Gasteiger partial charge in [-0.15, -0.1) is 0 Å². The number of nitrogens with zero attached hydrogens (tertiary/aromatic N) is 5. The molecule has 0 spiro atoms. The Bertz CT molecular complexity index is 889. The minimum Gasteiger partial charge on any atom is -0.350 e. The van der Waals surface area contributed by atoms with Gasteiger partial charge < -0.3 is 9.88 Å². The van der Waals surface area contributed by atoms with Crippen molar-refractivity contribution in [3.63, 3.8) is 0 Å². The van der Waals surface area contributed by atoms with Crippen LogP contribution in [0, 0.1) is 5.92 Å². The zero-order valence-electron chi connectivity index (χ0n) is 14.3. The van der Waals surface area contributed by atoms with E-state index in [9.17, 15) is 0 Å². The normalized spacial score (nSPS) is 25.7. The summed E-state index contributed by atoms with van der Waals surface area (Å²) in [6.07, 6.45) is 6.18. The van der Waals surface area contributed by atoms with Gasteiger partial charge in [-0.25, -0.2) is 9.97 Å². The minimum absolute atomic E-state index is 0.435. The quantitative estimate of drug-likeness (QED) is 0.794. The highest BCUT2D eigenvalue weighted by Crippen LogP contribution is 2.40. The molecule has 2 aromatic heterocycles. The van der Waals surface area contributed by atoms with Crippen molar-refractivity contribution in [2.75, 3.05) is 11.9 Å². The zero-order valence-corrected chi connectivity index (χ0v) is 14.3. The molecule has 128 valence electrons. The third-order valence-corrected chi connectivity index (χ3v) is 5.70. The number of benzene rings is 1. The molecule has 5 rings (SSSR count). The van der Waals surface area contributed by atoms with Gasteiger partial charge in [-0.2, -0.15) is 4.98 Å². The summed E-state index contributed by atoms with van der Waals surface area (Å²) < 4.78 is 1.94. The molecule has 3 atom stereocenters. The van der Waals surface area contributed by atoms with E-state index in [2.05, 4.69) is 55.5 Å². The molecular formula is C19H22N6. The van der Waals surface area contributed by atoms with Gasteiger partial charge in [-0.3, -0.25) is 4.90 Å². The summed E-state index contributed by atoms with van der Waals surface area (Å²) in [5, 5.41) is 3.61. The Balaban J connectivity index is 1.34. The van der Waals surface area contributed by atoms with Crippen molar-refractivity contribution in [3.05, 3.63) is 48.4 Å². The van der Waals surface area contributed by atoms with Crippen molar-refractivity contribution in [1.29, 1.82) is 0 Å². The van der Waals surface area contributed by atoms with E-state index in [0.717, 1.165) is 24.3 Å². The summed E-state index contributed by atoms with van der Waals surface area (Å²) >= 11 is 0. The summed E-state index contributed by atoms with van der Waals surface area (Å²) in [5.41, 5.74) is 3.11. The van der Waals surface area contributed by atoms with Crippen LogP contribution >= 0.6 is 0 Å². The molecule has 1 saturated carbocycles. The number of aryl methyl sites for hydroxylation is 1. The number of hydrogen-bond donors (Lipinski definition) is 1. The largest absolute Gasteiger partial charge is 0.350 e. The zero-order chi connectivity index (χ0) is 16.8. The van der Waals surface area contributed by atoms with Gasteiger partial charge in [-0.05, 0) is 24.3 Å². The molecule has 0 amide bonds. The van der Waals surface area contributed by atoms with Crippen LogP contribution in [0.25, 0.3) is 11.2 Å². The summed E-state index contributed by atoms with van der Waals surface area (Å²) in [7, 11) is 1.96. The third-order valence-electron chi connectivity index (χ3n) is 5.70. The molecule has 1 saturated heterocycles. The molecule has 3 aromatic rings. The summed E-state index contributed by atoms with van der Waals surface area (Å²) in [5.74, 6) is 1.38. The average molecular weight is 334 g/mol. The number of piperidine rings is 1. The van der Waals surface area contributed by atoms with Gasteiger partial charge in [0.15, 0.2) is 5.65 Å². The van der Waals surface area contributed by atoms with E-state index in [1.807, 2.05) is 17.8 Å². The molecule has 0 unspecified atom stereocenters. The van der Waals surface area contributed by atoms with Gasteiger partial charge in [0.1, 0.15) is 5.52 Å².